The standard InChI is InChI=1S/C21H26N4O2.ClH/c1-14(2)19-18-17(13-15(3)23-20(18)27-24-19)21(26)25(12-10-22)11-9-16-7-5-4-6-8-16;/h4-8,13-14H,9-12,22H2,1-3H3;1H. The number of carbonyl (C=O) groups excluding carboxylic acids is 1. The molecule has 6 nitrogen and oxygen atoms in total. The lowest BCUT2D eigenvalue weighted by atomic mass is 10.0. The number of amides is 1. The number of benzene rings is 1. The normalized spacial score (nSPS) is 10.9. The zero-order valence-electron chi connectivity index (χ0n) is 16.5. The van der Waals surface area contributed by atoms with E-state index in [0.29, 0.717) is 36.3 Å². The van der Waals surface area contributed by atoms with E-state index in [-0.39, 0.29) is 24.2 Å². The maximum absolute atomic E-state index is 13.4. The lowest BCUT2D eigenvalue weighted by Crippen LogP contribution is -2.37. The molecule has 0 atom stereocenters. The number of pyridine rings is 1. The Morgan fingerprint density at radius 2 is 1.93 bits per heavy atom. The van der Waals surface area contributed by atoms with Crippen molar-refractivity contribution in [1.29, 1.82) is 0 Å². The van der Waals surface area contributed by atoms with Crippen LogP contribution in [-0.2, 0) is 6.42 Å². The summed E-state index contributed by atoms with van der Waals surface area (Å²) in [4.78, 5) is 19.6. The number of hydrogen-bond acceptors (Lipinski definition) is 5. The van der Waals surface area contributed by atoms with Crippen molar-refractivity contribution in [3.63, 3.8) is 0 Å². The van der Waals surface area contributed by atoms with Crippen molar-refractivity contribution in [2.75, 3.05) is 19.6 Å². The van der Waals surface area contributed by atoms with E-state index in [1.165, 1.54) is 5.56 Å². The molecular formula is C21H27ClN4O2. The molecule has 0 spiro atoms. The smallest absolute Gasteiger partial charge is 0.259 e. The molecular weight excluding hydrogens is 376 g/mol. The zero-order chi connectivity index (χ0) is 19.4. The van der Waals surface area contributed by atoms with Crippen molar-refractivity contribution in [1.82, 2.24) is 15.0 Å². The number of fused-ring (bicyclic) bond motifs is 1. The third kappa shape index (κ3) is 4.69. The van der Waals surface area contributed by atoms with Crippen molar-refractivity contribution < 1.29 is 9.32 Å². The molecule has 2 N–H and O–H groups in total. The van der Waals surface area contributed by atoms with Gasteiger partial charge in [-0.1, -0.05) is 49.3 Å². The van der Waals surface area contributed by atoms with Gasteiger partial charge in [0.05, 0.1) is 16.6 Å². The molecule has 3 aromatic rings. The Labute approximate surface area is 171 Å². The van der Waals surface area contributed by atoms with E-state index in [4.69, 9.17) is 10.3 Å². The SMILES string of the molecule is Cc1cc(C(=O)N(CCN)CCc2ccccc2)c2c(C(C)C)noc2n1.Cl. The fraction of sp³-hybridized carbons (Fsp3) is 0.381. The molecule has 0 radical (unpaired) electrons. The van der Waals surface area contributed by atoms with E-state index in [2.05, 4.69) is 22.3 Å². The van der Waals surface area contributed by atoms with Crippen molar-refractivity contribution in [2.45, 2.75) is 33.1 Å². The summed E-state index contributed by atoms with van der Waals surface area (Å²) in [7, 11) is 0. The maximum atomic E-state index is 13.4. The van der Waals surface area contributed by atoms with Crippen molar-refractivity contribution in [3.8, 4) is 0 Å². The quantitative estimate of drug-likeness (QED) is 0.650. The molecule has 2 aromatic heterocycles. The van der Waals surface area contributed by atoms with Crippen molar-refractivity contribution in [3.05, 3.63) is 58.9 Å². The molecule has 3 rings (SSSR count). The Hall–Kier alpha value is -2.44. The number of carbonyl (C=O) groups is 1. The van der Waals surface area contributed by atoms with E-state index in [1.807, 2.05) is 45.0 Å². The van der Waals surface area contributed by atoms with Crippen LogP contribution >= 0.6 is 12.4 Å². The summed E-state index contributed by atoms with van der Waals surface area (Å²) >= 11 is 0. The number of nitrogens with two attached hydrogens (primary N) is 1. The highest BCUT2D eigenvalue weighted by Gasteiger charge is 2.24. The third-order valence-electron chi connectivity index (χ3n) is 4.58. The van der Waals surface area contributed by atoms with Crippen LogP contribution in [0.4, 0.5) is 0 Å². The number of rotatable bonds is 7. The zero-order valence-corrected chi connectivity index (χ0v) is 17.3. The minimum atomic E-state index is -0.0584. The van der Waals surface area contributed by atoms with E-state index in [9.17, 15) is 4.79 Å². The van der Waals surface area contributed by atoms with E-state index in [1.54, 1.807) is 4.90 Å². The van der Waals surface area contributed by atoms with E-state index in [0.717, 1.165) is 17.8 Å². The first kappa shape index (κ1) is 21.9. The average molecular weight is 403 g/mol. The predicted octanol–water partition coefficient (Wildman–Crippen LogP) is 3.72. The van der Waals surface area contributed by atoms with Crippen LogP contribution in [0.1, 0.15) is 47.1 Å². The molecule has 1 aromatic carbocycles. The molecule has 0 saturated heterocycles. The molecule has 0 saturated carbocycles. The summed E-state index contributed by atoms with van der Waals surface area (Å²) in [6.45, 7) is 7.42. The van der Waals surface area contributed by atoms with Gasteiger partial charge in [0.1, 0.15) is 0 Å². The Bertz CT molecular complexity index is 925. The van der Waals surface area contributed by atoms with Gasteiger partial charge in [0.25, 0.3) is 11.6 Å². The lowest BCUT2D eigenvalue weighted by Gasteiger charge is -2.23. The average Bonchev–Trinajstić information content (AvgIpc) is 3.08. The van der Waals surface area contributed by atoms with Gasteiger partial charge < -0.3 is 15.2 Å². The molecule has 1 amide bonds. The van der Waals surface area contributed by atoms with Crippen LogP contribution in [0.5, 0.6) is 0 Å². The minimum absolute atomic E-state index is 0. The van der Waals surface area contributed by atoms with Gasteiger partial charge in [-0.25, -0.2) is 4.98 Å². The summed E-state index contributed by atoms with van der Waals surface area (Å²) in [5.41, 5.74) is 9.46. The van der Waals surface area contributed by atoms with Gasteiger partial charge in [0.2, 0.25) is 0 Å². The van der Waals surface area contributed by atoms with Crippen LogP contribution in [0.15, 0.2) is 40.9 Å². The maximum Gasteiger partial charge on any atom is 0.259 e. The molecule has 7 heteroatoms. The van der Waals surface area contributed by atoms with Gasteiger partial charge in [-0.15, -0.1) is 12.4 Å². The Balaban J connectivity index is 0.00000280. The van der Waals surface area contributed by atoms with Gasteiger partial charge >= 0.3 is 0 Å². The second-order valence-electron chi connectivity index (χ2n) is 7.03. The molecule has 2 heterocycles. The van der Waals surface area contributed by atoms with Crippen molar-refractivity contribution in [2.24, 2.45) is 5.73 Å². The Kier molecular flexibility index (Phi) is 7.54. The van der Waals surface area contributed by atoms with Crippen LogP contribution in [0.2, 0.25) is 0 Å². The Morgan fingerprint density at radius 1 is 1.21 bits per heavy atom. The van der Waals surface area contributed by atoms with Gasteiger partial charge in [0, 0.05) is 25.3 Å². The number of halogens is 1. The summed E-state index contributed by atoms with van der Waals surface area (Å²) < 4.78 is 5.39. The van der Waals surface area contributed by atoms with Gasteiger partial charge in [-0.2, -0.15) is 0 Å². The lowest BCUT2D eigenvalue weighted by molar-refractivity contribution is 0.0764. The number of nitrogens with zero attached hydrogens (tertiary/aromatic N) is 3. The number of hydrogen-bond donors (Lipinski definition) is 1. The monoisotopic (exact) mass is 402 g/mol. The first-order valence-electron chi connectivity index (χ1n) is 9.31. The molecule has 0 aliphatic heterocycles. The largest absolute Gasteiger partial charge is 0.337 e. The first-order valence-corrected chi connectivity index (χ1v) is 9.31. The molecule has 150 valence electrons. The van der Waals surface area contributed by atoms with Crippen LogP contribution in [0.25, 0.3) is 11.1 Å². The van der Waals surface area contributed by atoms with Crippen LogP contribution in [0.3, 0.4) is 0 Å². The highest BCUT2D eigenvalue weighted by atomic mass is 35.5. The second-order valence-corrected chi connectivity index (χ2v) is 7.03. The summed E-state index contributed by atoms with van der Waals surface area (Å²) in [6, 6.07) is 12.0. The fourth-order valence-corrected chi connectivity index (χ4v) is 3.21. The predicted molar refractivity (Wildman–Crippen MR) is 113 cm³/mol. The van der Waals surface area contributed by atoms with Gasteiger partial charge in [0.15, 0.2) is 0 Å². The van der Waals surface area contributed by atoms with Gasteiger partial charge in [-0.05, 0) is 30.9 Å². The highest BCUT2D eigenvalue weighted by molar-refractivity contribution is 6.06. The minimum Gasteiger partial charge on any atom is -0.337 e. The molecule has 0 bridgehead atoms. The van der Waals surface area contributed by atoms with Crippen LogP contribution in [-0.4, -0.2) is 40.6 Å². The third-order valence-corrected chi connectivity index (χ3v) is 4.58. The van der Waals surface area contributed by atoms with Gasteiger partial charge in [-0.3, -0.25) is 4.79 Å². The van der Waals surface area contributed by atoms with E-state index >= 15 is 0 Å². The summed E-state index contributed by atoms with van der Waals surface area (Å²) in [5, 5.41) is 4.86. The molecule has 28 heavy (non-hydrogen) atoms. The molecule has 0 aliphatic rings. The van der Waals surface area contributed by atoms with Crippen LogP contribution in [0, 0.1) is 6.92 Å². The second kappa shape index (κ2) is 9.66. The fourth-order valence-electron chi connectivity index (χ4n) is 3.21. The highest BCUT2D eigenvalue weighted by Crippen LogP contribution is 2.28. The molecule has 0 fully saturated rings. The van der Waals surface area contributed by atoms with Crippen LogP contribution < -0.4 is 5.73 Å². The first-order chi connectivity index (χ1) is 13.0. The molecule has 0 aliphatic carbocycles. The van der Waals surface area contributed by atoms with Crippen molar-refractivity contribution >= 4 is 29.4 Å². The Morgan fingerprint density at radius 3 is 2.57 bits per heavy atom. The molecule has 0 unspecified atom stereocenters. The summed E-state index contributed by atoms with van der Waals surface area (Å²) in [5.74, 6) is 0.0755. The number of aryl methyl sites for hydroxylation is 1. The van der Waals surface area contributed by atoms with E-state index < -0.39 is 0 Å². The topological polar surface area (TPSA) is 85.2 Å². The number of aromatic nitrogens is 2. The summed E-state index contributed by atoms with van der Waals surface area (Å²) in [6.07, 6.45) is 0.778.